The van der Waals surface area contributed by atoms with E-state index in [2.05, 4.69) is 27.8 Å². The van der Waals surface area contributed by atoms with Crippen LogP contribution in [0.5, 0.6) is 0 Å². The third kappa shape index (κ3) is 6.96. The summed E-state index contributed by atoms with van der Waals surface area (Å²) in [4.78, 5) is 24.8. The second-order valence-corrected chi connectivity index (χ2v) is 9.11. The molecule has 3 rings (SSSR count). The lowest BCUT2D eigenvalue weighted by Gasteiger charge is -2.29. The van der Waals surface area contributed by atoms with Gasteiger partial charge in [-0.2, -0.15) is 13.2 Å². The molecule has 1 heterocycles. The fourth-order valence-corrected chi connectivity index (χ4v) is 4.74. The summed E-state index contributed by atoms with van der Waals surface area (Å²) in [6, 6.07) is 4.66. The number of benzene rings is 1. The van der Waals surface area contributed by atoms with Crippen LogP contribution >= 0.6 is 11.8 Å². The van der Waals surface area contributed by atoms with Crippen molar-refractivity contribution in [3.05, 3.63) is 35.7 Å². The molecule has 0 radical (unpaired) electrons. The van der Waals surface area contributed by atoms with E-state index in [-0.39, 0.29) is 29.8 Å². The molecule has 0 bridgehead atoms. The van der Waals surface area contributed by atoms with Gasteiger partial charge in [0.15, 0.2) is 5.16 Å². The topological polar surface area (TPSA) is 88.9 Å². The fourth-order valence-electron chi connectivity index (χ4n) is 3.91. The average Bonchev–Trinajstić information content (AvgIpc) is 3.14. The average molecular weight is 484 g/mol. The number of rotatable bonds is 8. The van der Waals surface area contributed by atoms with Crippen molar-refractivity contribution in [3.8, 4) is 0 Å². The third-order valence-electron chi connectivity index (χ3n) is 5.69. The van der Waals surface area contributed by atoms with Crippen LogP contribution < -0.4 is 10.6 Å². The number of amides is 2. The molecule has 2 aromatic rings. The Morgan fingerprint density at radius 3 is 2.64 bits per heavy atom. The van der Waals surface area contributed by atoms with Crippen LogP contribution in [0.25, 0.3) is 0 Å². The summed E-state index contributed by atoms with van der Waals surface area (Å²) < 4.78 is 40.3. The van der Waals surface area contributed by atoms with Gasteiger partial charge < -0.3 is 15.2 Å². The predicted molar refractivity (Wildman–Crippen MR) is 120 cm³/mol. The second-order valence-electron chi connectivity index (χ2n) is 8.17. The number of hydrogen-bond acceptors (Lipinski definition) is 5. The van der Waals surface area contributed by atoms with Gasteiger partial charge in [-0.1, -0.05) is 37.6 Å². The van der Waals surface area contributed by atoms with Crippen LogP contribution in [0.3, 0.4) is 0 Å². The lowest BCUT2D eigenvalue weighted by Crippen LogP contribution is -2.41. The number of halogens is 3. The highest BCUT2D eigenvalue weighted by atomic mass is 32.2. The van der Waals surface area contributed by atoms with Crippen LogP contribution in [0.15, 0.2) is 29.4 Å². The van der Waals surface area contributed by atoms with Crippen LogP contribution in [0.4, 0.5) is 18.9 Å². The molecule has 1 saturated carbocycles. The van der Waals surface area contributed by atoms with Crippen LogP contribution in [0.2, 0.25) is 0 Å². The van der Waals surface area contributed by atoms with Crippen molar-refractivity contribution in [3.63, 3.8) is 0 Å². The third-order valence-corrected chi connectivity index (χ3v) is 6.66. The van der Waals surface area contributed by atoms with Crippen molar-refractivity contribution in [1.29, 1.82) is 0 Å². The first-order valence-electron chi connectivity index (χ1n) is 11.0. The number of carbonyl (C=O) groups is 2. The van der Waals surface area contributed by atoms with E-state index >= 15 is 0 Å². The number of nitrogens with zero attached hydrogens (tertiary/aromatic N) is 3. The summed E-state index contributed by atoms with van der Waals surface area (Å²) in [6.45, 7) is 4.51. The molecular formula is C22H28F3N5O2S. The van der Waals surface area contributed by atoms with Gasteiger partial charge in [0, 0.05) is 18.3 Å². The molecule has 0 spiro atoms. The minimum Gasteiger partial charge on any atom is -0.352 e. The van der Waals surface area contributed by atoms with E-state index in [0.717, 1.165) is 31.4 Å². The summed E-state index contributed by atoms with van der Waals surface area (Å²) in [5, 5.41) is 14.2. The Labute approximate surface area is 194 Å². The molecule has 1 aliphatic rings. The predicted octanol–water partition coefficient (Wildman–Crippen LogP) is 4.29. The van der Waals surface area contributed by atoms with Crippen molar-refractivity contribution in [2.24, 2.45) is 5.92 Å². The SMILES string of the molecule is CCn1c(CC(=O)Nc2cccc(C(F)(F)F)c2)nnc1SCC(=O)N[C@@H]1CCCC[C@@H]1C. The smallest absolute Gasteiger partial charge is 0.352 e. The first-order valence-corrected chi connectivity index (χ1v) is 12.0. The van der Waals surface area contributed by atoms with Crippen molar-refractivity contribution in [2.75, 3.05) is 11.1 Å². The molecule has 1 aliphatic carbocycles. The Hall–Kier alpha value is -2.56. The van der Waals surface area contributed by atoms with E-state index in [1.165, 1.54) is 30.3 Å². The van der Waals surface area contributed by atoms with E-state index in [1.807, 2.05) is 6.92 Å². The normalized spacial score (nSPS) is 18.7. The minimum atomic E-state index is -4.49. The van der Waals surface area contributed by atoms with E-state index < -0.39 is 17.6 Å². The summed E-state index contributed by atoms with van der Waals surface area (Å²) >= 11 is 1.25. The Bertz CT molecular complexity index is 979. The van der Waals surface area contributed by atoms with Gasteiger partial charge >= 0.3 is 6.18 Å². The first kappa shape index (κ1) is 25.1. The summed E-state index contributed by atoms with van der Waals surface area (Å²) in [7, 11) is 0. The molecule has 0 unspecified atom stereocenters. The Morgan fingerprint density at radius 2 is 1.94 bits per heavy atom. The fraction of sp³-hybridized carbons (Fsp3) is 0.545. The van der Waals surface area contributed by atoms with Gasteiger partial charge in [-0.3, -0.25) is 9.59 Å². The Balaban J connectivity index is 1.56. The molecule has 2 amide bonds. The number of carbonyl (C=O) groups excluding carboxylic acids is 2. The standard InChI is InChI=1S/C22H28F3N5O2S/c1-3-30-18(12-19(31)26-16-9-6-8-15(11-16)22(23,24)25)28-29-21(30)33-13-20(32)27-17-10-5-4-7-14(17)2/h6,8-9,11,14,17H,3-5,7,10,12-13H2,1-2H3,(H,26,31)(H,27,32)/t14-,17+/m0/s1. The van der Waals surface area contributed by atoms with Crippen LogP contribution in [-0.2, 0) is 28.7 Å². The molecule has 1 aromatic carbocycles. The van der Waals surface area contributed by atoms with Gasteiger partial charge in [0.2, 0.25) is 11.8 Å². The zero-order valence-corrected chi connectivity index (χ0v) is 19.4. The summed E-state index contributed by atoms with van der Waals surface area (Å²) in [6.07, 6.45) is -0.202. The van der Waals surface area contributed by atoms with Crippen molar-refractivity contribution in [1.82, 2.24) is 20.1 Å². The lowest BCUT2D eigenvalue weighted by atomic mass is 9.86. The largest absolute Gasteiger partial charge is 0.416 e. The van der Waals surface area contributed by atoms with Gasteiger partial charge in [-0.25, -0.2) is 0 Å². The van der Waals surface area contributed by atoms with Gasteiger partial charge in [0.05, 0.1) is 17.7 Å². The zero-order chi connectivity index (χ0) is 24.0. The van der Waals surface area contributed by atoms with Crippen molar-refractivity contribution >= 4 is 29.3 Å². The maximum Gasteiger partial charge on any atom is 0.416 e. The molecular weight excluding hydrogens is 455 g/mol. The summed E-state index contributed by atoms with van der Waals surface area (Å²) in [5.41, 5.74) is -0.780. The zero-order valence-electron chi connectivity index (χ0n) is 18.6. The second kappa shape index (κ2) is 11.0. The minimum absolute atomic E-state index is 0.0561. The van der Waals surface area contributed by atoms with Crippen LogP contribution in [-0.4, -0.2) is 38.4 Å². The van der Waals surface area contributed by atoms with Gasteiger partial charge in [-0.15, -0.1) is 10.2 Å². The molecule has 7 nitrogen and oxygen atoms in total. The maximum absolute atomic E-state index is 12.9. The van der Waals surface area contributed by atoms with E-state index in [0.29, 0.717) is 23.4 Å². The Morgan fingerprint density at radius 1 is 1.18 bits per heavy atom. The molecule has 33 heavy (non-hydrogen) atoms. The Kier molecular flexibility index (Phi) is 8.39. The van der Waals surface area contributed by atoms with E-state index in [4.69, 9.17) is 0 Å². The molecule has 0 saturated heterocycles. The first-order chi connectivity index (χ1) is 15.7. The van der Waals surface area contributed by atoms with Crippen molar-refractivity contribution in [2.45, 2.75) is 69.9 Å². The van der Waals surface area contributed by atoms with Gasteiger partial charge in [0.1, 0.15) is 5.82 Å². The number of anilines is 1. The van der Waals surface area contributed by atoms with E-state index in [1.54, 1.807) is 4.57 Å². The number of hydrogen-bond donors (Lipinski definition) is 2. The van der Waals surface area contributed by atoms with Crippen LogP contribution in [0, 0.1) is 5.92 Å². The molecule has 2 atom stereocenters. The summed E-state index contributed by atoms with van der Waals surface area (Å²) in [5.74, 6) is 0.475. The molecule has 1 fully saturated rings. The molecule has 2 N–H and O–H groups in total. The molecule has 0 aliphatic heterocycles. The molecule has 180 valence electrons. The van der Waals surface area contributed by atoms with Gasteiger partial charge in [-0.05, 0) is 43.9 Å². The monoisotopic (exact) mass is 483 g/mol. The quantitative estimate of drug-likeness (QED) is 0.547. The van der Waals surface area contributed by atoms with Crippen LogP contribution in [0.1, 0.15) is 50.9 Å². The highest BCUT2D eigenvalue weighted by Crippen LogP contribution is 2.30. The maximum atomic E-state index is 12.9. The number of alkyl halides is 3. The number of nitrogens with one attached hydrogen (secondary N) is 2. The molecule has 11 heteroatoms. The van der Waals surface area contributed by atoms with Gasteiger partial charge in [0.25, 0.3) is 0 Å². The number of aromatic nitrogens is 3. The van der Waals surface area contributed by atoms with E-state index in [9.17, 15) is 22.8 Å². The molecule has 1 aromatic heterocycles. The highest BCUT2D eigenvalue weighted by molar-refractivity contribution is 7.99. The highest BCUT2D eigenvalue weighted by Gasteiger charge is 2.30. The number of thioether (sulfide) groups is 1. The lowest BCUT2D eigenvalue weighted by molar-refractivity contribution is -0.137. The van der Waals surface area contributed by atoms with Crippen molar-refractivity contribution < 1.29 is 22.8 Å².